The van der Waals surface area contributed by atoms with E-state index in [4.69, 9.17) is 0 Å². The summed E-state index contributed by atoms with van der Waals surface area (Å²) < 4.78 is 0. The van der Waals surface area contributed by atoms with Gasteiger partial charge >= 0.3 is 0 Å². The average Bonchev–Trinajstić information content (AvgIpc) is 3.10. The molecule has 0 unspecified atom stereocenters. The van der Waals surface area contributed by atoms with E-state index in [2.05, 4.69) is 15.2 Å². The van der Waals surface area contributed by atoms with E-state index >= 15 is 0 Å². The molecule has 0 radical (unpaired) electrons. The lowest BCUT2D eigenvalue weighted by Gasteiger charge is -2.17. The minimum absolute atomic E-state index is 0.0854. The van der Waals surface area contributed by atoms with E-state index in [-0.39, 0.29) is 5.25 Å². The number of carbonyl (C=O) groups is 1. The maximum Gasteiger partial charge on any atom is 0.209 e. The van der Waals surface area contributed by atoms with Gasteiger partial charge in [0, 0.05) is 12.8 Å². The molecule has 0 bridgehead atoms. The molecule has 4 nitrogen and oxygen atoms in total. The van der Waals surface area contributed by atoms with Crippen molar-refractivity contribution in [1.29, 1.82) is 0 Å². The minimum atomic E-state index is 0.0854. The molecule has 1 heterocycles. The molecular weight excluding hydrogens is 270 g/mol. The lowest BCUT2D eigenvalue weighted by molar-refractivity contribution is -0.119. The van der Waals surface area contributed by atoms with Crippen molar-refractivity contribution in [2.45, 2.75) is 74.6 Å². The van der Waals surface area contributed by atoms with Crippen molar-refractivity contribution < 1.29 is 4.79 Å². The Kier molecular flexibility index (Phi) is 4.76. The summed E-state index contributed by atoms with van der Waals surface area (Å²) in [4.78, 5) is 16.4. The molecular formula is C15H23N3OS. The molecule has 3 rings (SSSR count). The standard InChI is InChI=1S/C15H23N3OS/c19-12-7-3-4-8-13(12)20-15-16-14(17-18-15)10-9-11-5-1-2-6-11/h11,13H,1-10H2,(H,16,17,18)/t13-/m1/s1. The summed E-state index contributed by atoms with van der Waals surface area (Å²) in [5.74, 6) is 2.25. The van der Waals surface area contributed by atoms with E-state index < -0.39 is 0 Å². The number of nitrogens with one attached hydrogen (secondary N) is 1. The van der Waals surface area contributed by atoms with Gasteiger partial charge in [0.25, 0.3) is 0 Å². The Balaban J connectivity index is 1.49. The highest BCUT2D eigenvalue weighted by Crippen LogP contribution is 2.30. The molecule has 0 aliphatic heterocycles. The van der Waals surface area contributed by atoms with Crippen LogP contribution in [0.4, 0.5) is 0 Å². The Hall–Kier alpha value is -0.840. The topological polar surface area (TPSA) is 58.6 Å². The zero-order chi connectivity index (χ0) is 13.8. The van der Waals surface area contributed by atoms with Crippen LogP contribution in [0.2, 0.25) is 0 Å². The van der Waals surface area contributed by atoms with Gasteiger partial charge in [0.2, 0.25) is 5.16 Å². The number of H-pyrrole nitrogens is 1. The van der Waals surface area contributed by atoms with Crippen molar-refractivity contribution in [3.8, 4) is 0 Å². The monoisotopic (exact) mass is 293 g/mol. The number of hydrogen-bond donors (Lipinski definition) is 1. The second-order valence-electron chi connectivity index (χ2n) is 6.07. The first-order valence-electron chi connectivity index (χ1n) is 7.92. The number of hydrogen-bond acceptors (Lipinski definition) is 4. The van der Waals surface area contributed by atoms with Crippen molar-refractivity contribution in [2.24, 2.45) is 5.92 Å². The van der Waals surface area contributed by atoms with Gasteiger partial charge in [0.1, 0.15) is 11.6 Å². The molecule has 2 aliphatic rings. The number of carbonyl (C=O) groups excluding carboxylic acids is 1. The van der Waals surface area contributed by atoms with Crippen molar-refractivity contribution in [2.75, 3.05) is 0 Å². The number of rotatable bonds is 5. The SMILES string of the molecule is O=C1CCCC[C@H]1Sc1n[nH]c(CCC2CCCC2)n1. The van der Waals surface area contributed by atoms with E-state index in [0.717, 1.165) is 49.0 Å². The van der Waals surface area contributed by atoms with Crippen molar-refractivity contribution in [1.82, 2.24) is 15.2 Å². The van der Waals surface area contributed by atoms with Crippen LogP contribution in [-0.2, 0) is 11.2 Å². The molecule has 5 heteroatoms. The molecule has 1 aromatic rings. The van der Waals surface area contributed by atoms with Crippen molar-refractivity contribution >= 4 is 17.5 Å². The van der Waals surface area contributed by atoms with Crippen LogP contribution in [0.25, 0.3) is 0 Å². The van der Waals surface area contributed by atoms with Gasteiger partial charge in [-0.05, 0) is 25.2 Å². The fraction of sp³-hybridized carbons (Fsp3) is 0.800. The molecule has 2 fully saturated rings. The van der Waals surface area contributed by atoms with Crippen molar-refractivity contribution in [3.05, 3.63) is 5.82 Å². The third kappa shape index (κ3) is 3.62. The van der Waals surface area contributed by atoms with E-state index in [9.17, 15) is 4.79 Å². The predicted octanol–water partition coefficient (Wildman–Crippen LogP) is 3.53. The first kappa shape index (κ1) is 14.1. The molecule has 110 valence electrons. The third-order valence-corrected chi connectivity index (χ3v) is 5.70. The molecule has 0 spiro atoms. The van der Waals surface area contributed by atoms with Gasteiger partial charge in [0.15, 0.2) is 0 Å². The minimum Gasteiger partial charge on any atom is -0.298 e. The Morgan fingerprint density at radius 1 is 1.15 bits per heavy atom. The lowest BCUT2D eigenvalue weighted by atomic mass is 9.99. The zero-order valence-corrected chi connectivity index (χ0v) is 12.8. The summed E-state index contributed by atoms with van der Waals surface area (Å²) in [6.45, 7) is 0. The summed E-state index contributed by atoms with van der Waals surface area (Å²) in [5.41, 5.74) is 0. The van der Waals surface area contributed by atoms with Gasteiger partial charge in [-0.2, -0.15) is 0 Å². The molecule has 0 saturated heterocycles. The van der Waals surface area contributed by atoms with Gasteiger partial charge in [-0.3, -0.25) is 9.89 Å². The van der Waals surface area contributed by atoms with E-state index in [1.165, 1.54) is 32.1 Å². The summed E-state index contributed by atoms with van der Waals surface area (Å²) in [6.07, 6.45) is 11.7. The first-order valence-corrected chi connectivity index (χ1v) is 8.80. The van der Waals surface area contributed by atoms with Crippen LogP contribution in [0, 0.1) is 5.92 Å². The fourth-order valence-corrected chi connectivity index (χ4v) is 4.33. The number of aromatic amines is 1. The smallest absolute Gasteiger partial charge is 0.209 e. The second-order valence-corrected chi connectivity index (χ2v) is 7.24. The number of nitrogens with zero attached hydrogens (tertiary/aromatic N) is 2. The molecule has 0 aromatic carbocycles. The fourth-order valence-electron chi connectivity index (χ4n) is 3.29. The first-order chi connectivity index (χ1) is 9.81. The van der Waals surface area contributed by atoms with Crippen LogP contribution in [0.3, 0.4) is 0 Å². The van der Waals surface area contributed by atoms with Crippen LogP contribution in [0.5, 0.6) is 0 Å². The number of Topliss-reactive ketones (excluding diaryl/α,β-unsaturated/α-hetero) is 1. The summed E-state index contributed by atoms with van der Waals surface area (Å²) in [5, 5.41) is 8.15. The quantitative estimate of drug-likeness (QED) is 0.902. The van der Waals surface area contributed by atoms with E-state index in [0.29, 0.717) is 5.78 Å². The number of thioether (sulfide) groups is 1. The molecule has 1 N–H and O–H groups in total. The molecule has 1 atom stereocenters. The average molecular weight is 293 g/mol. The van der Waals surface area contributed by atoms with Crippen LogP contribution in [-0.4, -0.2) is 26.2 Å². The molecule has 2 aliphatic carbocycles. The summed E-state index contributed by atoms with van der Waals surface area (Å²) in [6, 6.07) is 0. The zero-order valence-electron chi connectivity index (χ0n) is 11.9. The van der Waals surface area contributed by atoms with Crippen LogP contribution in [0.15, 0.2) is 5.16 Å². The second kappa shape index (κ2) is 6.74. The Morgan fingerprint density at radius 2 is 1.95 bits per heavy atom. The molecule has 1 aromatic heterocycles. The largest absolute Gasteiger partial charge is 0.298 e. The third-order valence-electron chi connectivity index (χ3n) is 4.52. The highest BCUT2D eigenvalue weighted by molar-refractivity contribution is 8.00. The maximum atomic E-state index is 11.8. The number of ketones is 1. The van der Waals surface area contributed by atoms with Gasteiger partial charge in [-0.1, -0.05) is 43.9 Å². The van der Waals surface area contributed by atoms with Crippen LogP contribution < -0.4 is 0 Å². The highest BCUT2D eigenvalue weighted by atomic mass is 32.2. The van der Waals surface area contributed by atoms with Crippen molar-refractivity contribution in [3.63, 3.8) is 0 Å². The van der Waals surface area contributed by atoms with Gasteiger partial charge in [-0.15, -0.1) is 5.10 Å². The van der Waals surface area contributed by atoms with Crippen LogP contribution >= 0.6 is 11.8 Å². The number of aromatic nitrogens is 3. The normalized spacial score (nSPS) is 24.4. The lowest BCUT2D eigenvalue weighted by Crippen LogP contribution is -2.21. The Labute approximate surface area is 124 Å². The number of aryl methyl sites for hydroxylation is 1. The molecule has 2 saturated carbocycles. The summed E-state index contributed by atoms with van der Waals surface area (Å²) >= 11 is 1.55. The molecule has 0 amide bonds. The maximum absolute atomic E-state index is 11.8. The van der Waals surface area contributed by atoms with Gasteiger partial charge in [0.05, 0.1) is 5.25 Å². The Morgan fingerprint density at radius 3 is 2.75 bits per heavy atom. The predicted molar refractivity (Wildman–Crippen MR) is 79.8 cm³/mol. The Bertz CT molecular complexity index is 454. The summed E-state index contributed by atoms with van der Waals surface area (Å²) in [7, 11) is 0. The van der Waals surface area contributed by atoms with Gasteiger partial charge < -0.3 is 0 Å². The highest BCUT2D eigenvalue weighted by Gasteiger charge is 2.24. The van der Waals surface area contributed by atoms with Crippen LogP contribution in [0.1, 0.15) is 63.6 Å². The molecule has 20 heavy (non-hydrogen) atoms. The van der Waals surface area contributed by atoms with Gasteiger partial charge in [-0.25, -0.2) is 4.98 Å². The van der Waals surface area contributed by atoms with E-state index in [1.807, 2.05) is 0 Å². The van der Waals surface area contributed by atoms with E-state index in [1.54, 1.807) is 11.8 Å².